The zero-order valence-corrected chi connectivity index (χ0v) is 12.0. The van der Waals surface area contributed by atoms with Crippen molar-refractivity contribution in [2.45, 2.75) is 13.5 Å². The Morgan fingerprint density at radius 1 is 1.23 bits per heavy atom. The molecule has 22 heavy (non-hydrogen) atoms. The Hall–Kier alpha value is -3.02. The smallest absolute Gasteiger partial charge is 0.278 e. The molecule has 0 aliphatic rings. The van der Waals surface area contributed by atoms with Gasteiger partial charge in [-0.3, -0.25) is 10.1 Å². The van der Waals surface area contributed by atoms with Crippen LogP contribution < -0.4 is 0 Å². The molecule has 6 nitrogen and oxygen atoms in total. The molecule has 0 bridgehead atoms. The number of aryl methyl sites for hydroxylation is 1. The van der Waals surface area contributed by atoms with Crippen LogP contribution in [0.2, 0.25) is 0 Å². The maximum atomic E-state index is 11.0. The van der Waals surface area contributed by atoms with Crippen LogP contribution in [0.4, 0.5) is 11.6 Å². The molecule has 0 saturated carbocycles. The average Bonchev–Trinajstić information content (AvgIpc) is 2.90. The van der Waals surface area contributed by atoms with Crippen LogP contribution in [0.3, 0.4) is 0 Å². The molecular formula is C16H14N4O2. The minimum Gasteiger partial charge on any atom is -0.309 e. The SMILES string of the molecule is CCn1c(/N=C/c2ccccc2[N+](=O)[O-])nc2ccccc21. The summed E-state index contributed by atoms with van der Waals surface area (Å²) in [5.74, 6) is 0.543. The number of fused-ring (bicyclic) bond motifs is 1. The number of nitro groups is 1. The zero-order valence-electron chi connectivity index (χ0n) is 12.0. The number of hydrogen-bond donors (Lipinski definition) is 0. The molecule has 0 spiro atoms. The summed E-state index contributed by atoms with van der Waals surface area (Å²) in [4.78, 5) is 19.4. The first kappa shape index (κ1) is 13.9. The van der Waals surface area contributed by atoms with Gasteiger partial charge in [-0.1, -0.05) is 24.3 Å². The monoisotopic (exact) mass is 294 g/mol. The van der Waals surface area contributed by atoms with Gasteiger partial charge in [0.1, 0.15) is 0 Å². The van der Waals surface area contributed by atoms with E-state index in [0.29, 0.717) is 11.5 Å². The molecule has 110 valence electrons. The summed E-state index contributed by atoms with van der Waals surface area (Å²) >= 11 is 0. The first-order valence-corrected chi connectivity index (χ1v) is 6.93. The van der Waals surface area contributed by atoms with Crippen molar-refractivity contribution in [2.24, 2.45) is 4.99 Å². The fourth-order valence-corrected chi connectivity index (χ4v) is 2.36. The lowest BCUT2D eigenvalue weighted by Crippen LogP contribution is -1.95. The number of hydrogen-bond acceptors (Lipinski definition) is 4. The van der Waals surface area contributed by atoms with Gasteiger partial charge in [0, 0.05) is 18.8 Å². The highest BCUT2D eigenvalue weighted by atomic mass is 16.6. The van der Waals surface area contributed by atoms with E-state index in [0.717, 1.165) is 17.6 Å². The molecule has 0 fully saturated rings. The molecule has 6 heteroatoms. The van der Waals surface area contributed by atoms with Gasteiger partial charge in [0.2, 0.25) is 5.95 Å². The Labute approximate surface area is 126 Å². The number of para-hydroxylation sites is 3. The third kappa shape index (κ3) is 2.46. The van der Waals surface area contributed by atoms with E-state index in [1.165, 1.54) is 12.3 Å². The number of nitro benzene ring substituents is 1. The van der Waals surface area contributed by atoms with Crippen LogP contribution in [-0.2, 0) is 6.54 Å². The molecule has 0 N–H and O–H groups in total. The largest absolute Gasteiger partial charge is 0.309 e. The van der Waals surface area contributed by atoms with Crippen LogP contribution in [0.1, 0.15) is 12.5 Å². The van der Waals surface area contributed by atoms with E-state index in [-0.39, 0.29) is 5.69 Å². The van der Waals surface area contributed by atoms with Crippen molar-refractivity contribution in [1.29, 1.82) is 0 Å². The van der Waals surface area contributed by atoms with E-state index < -0.39 is 4.92 Å². The van der Waals surface area contributed by atoms with Crippen LogP contribution in [0.15, 0.2) is 53.5 Å². The van der Waals surface area contributed by atoms with Crippen molar-refractivity contribution < 1.29 is 4.92 Å². The van der Waals surface area contributed by atoms with Gasteiger partial charge >= 0.3 is 0 Å². The number of aromatic nitrogens is 2. The zero-order chi connectivity index (χ0) is 15.5. The normalized spacial score (nSPS) is 11.3. The van der Waals surface area contributed by atoms with Crippen molar-refractivity contribution in [3.63, 3.8) is 0 Å². The van der Waals surface area contributed by atoms with E-state index >= 15 is 0 Å². The van der Waals surface area contributed by atoms with E-state index in [1.807, 2.05) is 35.8 Å². The van der Waals surface area contributed by atoms with Crippen LogP contribution in [-0.4, -0.2) is 20.7 Å². The first-order chi connectivity index (χ1) is 10.7. The quantitative estimate of drug-likeness (QED) is 0.418. The van der Waals surface area contributed by atoms with Gasteiger partial charge in [-0.2, -0.15) is 0 Å². The Balaban J connectivity index is 2.05. The van der Waals surface area contributed by atoms with Gasteiger partial charge in [0.15, 0.2) is 0 Å². The molecule has 3 rings (SSSR count). The predicted octanol–water partition coefficient (Wildman–Crippen LogP) is 3.72. The fraction of sp³-hybridized carbons (Fsp3) is 0.125. The third-order valence-corrected chi connectivity index (χ3v) is 3.40. The molecule has 0 atom stereocenters. The van der Waals surface area contributed by atoms with Crippen LogP contribution in [0.5, 0.6) is 0 Å². The Morgan fingerprint density at radius 2 is 1.95 bits per heavy atom. The van der Waals surface area contributed by atoms with E-state index in [1.54, 1.807) is 18.2 Å². The maximum absolute atomic E-state index is 11.0. The summed E-state index contributed by atoms with van der Waals surface area (Å²) in [5.41, 5.74) is 2.35. The summed E-state index contributed by atoms with van der Waals surface area (Å²) in [7, 11) is 0. The standard InChI is InChI=1S/C16H14N4O2/c1-2-19-15-10-6-4-8-13(15)18-16(19)17-11-12-7-3-5-9-14(12)20(21)22/h3-11H,2H2,1H3/b17-11+. The summed E-state index contributed by atoms with van der Waals surface area (Å²) in [5, 5.41) is 11.0. The van der Waals surface area contributed by atoms with Crippen molar-refractivity contribution in [3.05, 3.63) is 64.2 Å². The van der Waals surface area contributed by atoms with Crippen LogP contribution in [0.25, 0.3) is 11.0 Å². The van der Waals surface area contributed by atoms with Gasteiger partial charge < -0.3 is 4.57 Å². The Kier molecular flexibility index (Phi) is 3.65. The van der Waals surface area contributed by atoms with Crippen molar-refractivity contribution in [2.75, 3.05) is 0 Å². The highest BCUT2D eigenvalue weighted by molar-refractivity contribution is 5.87. The molecule has 1 aromatic heterocycles. The molecule has 0 unspecified atom stereocenters. The molecule has 1 heterocycles. The maximum Gasteiger partial charge on any atom is 0.278 e. The second kappa shape index (κ2) is 5.77. The van der Waals surface area contributed by atoms with Gasteiger partial charge in [0.25, 0.3) is 5.69 Å². The number of aliphatic imine (C=N–C) groups is 1. The summed E-state index contributed by atoms with van der Waals surface area (Å²) in [6.07, 6.45) is 1.49. The molecule has 0 aliphatic heterocycles. The number of nitrogens with zero attached hydrogens (tertiary/aromatic N) is 4. The molecule has 3 aromatic rings. The molecule has 0 radical (unpaired) electrons. The third-order valence-electron chi connectivity index (χ3n) is 3.40. The van der Waals surface area contributed by atoms with Gasteiger partial charge in [0.05, 0.1) is 21.5 Å². The Morgan fingerprint density at radius 3 is 2.73 bits per heavy atom. The number of benzene rings is 2. The molecule has 0 amide bonds. The fourth-order valence-electron chi connectivity index (χ4n) is 2.36. The van der Waals surface area contributed by atoms with Gasteiger partial charge in [-0.05, 0) is 25.1 Å². The molecule has 0 saturated heterocycles. The summed E-state index contributed by atoms with van der Waals surface area (Å²) < 4.78 is 1.97. The van der Waals surface area contributed by atoms with E-state index in [2.05, 4.69) is 9.98 Å². The van der Waals surface area contributed by atoms with Crippen LogP contribution >= 0.6 is 0 Å². The number of imidazole rings is 1. The summed E-state index contributed by atoms with van der Waals surface area (Å²) in [6.45, 7) is 2.74. The minimum absolute atomic E-state index is 0.0328. The minimum atomic E-state index is -0.413. The van der Waals surface area contributed by atoms with Gasteiger partial charge in [-0.25, -0.2) is 9.98 Å². The first-order valence-electron chi connectivity index (χ1n) is 6.93. The molecule has 0 aliphatic carbocycles. The predicted molar refractivity (Wildman–Crippen MR) is 85.8 cm³/mol. The van der Waals surface area contributed by atoms with Crippen molar-refractivity contribution >= 4 is 28.9 Å². The molecule has 2 aromatic carbocycles. The highest BCUT2D eigenvalue weighted by Crippen LogP contribution is 2.22. The van der Waals surface area contributed by atoms with Gasteiger partial charge in [-0.15, -0.1) is 0 Å². The summed E-state index contributed by atoms with van der Waals surface area (Å²) in [6, 6.07) is 14.3. The lowest BCUT2D eigenvalue weighted by Gasteiger charge is -2.01. The number of rotatable bonds is 4. The Bertz CT molecular complexity index is 867. The van der Waals surface area contributed by atoms with E-state index in [9.17, 15) is 10.1 Å². The topological polar surface area (TPSA) is 73.3 Å². The van der Waals surface area contributed by atoms with Crippen LogP contribution in [0, 0.1) is 10.1 Å². The second-order valence-electron chi connectivity index (χ2n) is 4.72. The van der Waals surface area contributed by atoms with Crippen molar-refractivity contribution in [1.82, 2.24) is 9.55 Å². The average molecular weight is 294 g/mol. The lowest BCUT2D eigenvalue weighted by atomic mass is 10.2. The lowest BCUT2D eigenvalue weighted by molar-refractivity contribution is -0.385. The van der Waals surface area contributed by atoms with Crippen molar-refractivity contribution in [3.8, 4) is 0 Å². The second-order valence-corrected chi connectivity index (χ2v) is 4.72. The molecular weight excluding hydrogens is 280 g/mol. The highest BCUT2D eigenvalue weighted by Gasteiger charge is 2.11. The van der Waals surface area contributed by atoms with E-state index in [4.69, 9.17) is 0 Å².